The van der Waals surface area contributed by atoms with E-state index in [1.807, 2.05) is 50.2 Å². The van der Waals surface area contributed by atoms with E-state index in [0.29, 0.717) is 16.7 Å². The highest BCUT2D eigenvalue weighted by Gasteiger charge is 2.20. The second-order valence-electron chi connectivity index (χ2n) is 8.83. The first-order valence-corrected chi connectivity index (χ1v) is 12.8. The van der Waals surface area contributed by atoms with E-state index < -0.39 is 10.0 Å². The van der Waals surface area contributed by atoms with Gasteiger partial charge in [-0.25, -0.2) is 18.4 Å². The first-order valence-electron chi connectivity index (χ1n) is 11.3. The van der Waals surface area contributed by atoms with E-state index in [2.05, 4.69) is 25.3 Å². The lowest BCUT2D eigenvalue weighted by atomic mass is 10.1. The number of hydrogen-bond donors (Lipinski definition) is 3. The van der Waals surface area contributed by atoms with Gasteiger partial charge in [0.15, 0.2) is 11.6 Å². The Morgan fingerprint density at radius 2 is 1.47 bits per heavy atom. The molecular formula is C26H28N6O3S. The number of anilines is 4. The number of sulfonamides is 1. The molecule has 0 bridgehead atoms. The van der Waals surface area contributed by atoms with Gasteiger partial charge in [-0.05, 0) is 81.5 Å². The van der Waals surface area contributed by atoms with E-state index in [4.69, 9.17) is 0 Å². The van der Waals surface area contributed by atoms with Gasteiger partial charge in [0, 0.05) is 11.4 Å². The van der Waals surface area contributed by atoms with Gasteiger partial charge in [0.2, 0.25) is 5.91 Å². The van der Waals surface area contributed by atoms with Crippen LogP contribution < -0.4 is 15.4 Å². The Labute approximate surface area is 210 Å². The van der Waals surface area contributed by atoms with Crippen LogP contribution in [0.2, 0.25) is 0 Å². The fourth-order valence-corrected chi connectivity index (χ4v) is 4.81. The Kier molecular flexibility index (Phi) is 7.18. The number of para-hydroxylation sites is 2. The molecule has 10 heteroatoms. The molecule has 0 atom stereocenters. The molecule has 0 unspecified atom stereocenters. The minimum Gasteiger partial charge on any atom is -0.337 e. The predicted octanol–water partition coefficient (Wildman–Crippen LogP) is 4.29. The van der Waals surface area contributed by atoms with E-state index >= 15 is 0 Å². The fraction of sp³-hybridized carbons (Fsp3) is 0.192. The van der Waals surface area contributed by atoms with Gasteiger partial charge in [-0.15, -0.1) is 0 Å². The molecule has 0 aliphatic heterocycles. The number of carbonyl (C=O) groups is 1. The SMILES string of the molecule is Cc1cc(C)cc(Nc2nc3ccccc3nc2NS(=O)(=O)c2cccc(NC(=O)CN(C)C)c2)c1. The third kappa shape index (κ3) is 6.15. The van der Waals surface area contributed by atoms with Gasteiger partial charge in [-0.1, -0.05) is 24.3 Å². The lowest BCUT2D eigenvalue weighted by Gasteiger charge is -2.15. The number of aryl methyl sites for hydroxylation is 2. The molecule has 1 amide bonds. The topological polar surface area (TPSA) is 116 Å². The summed E-state index contributed by atoms with van der Waals surface area (Å²) in [6.45, 7) is 4.14. The zero-order valence-corrected chi connectivity index (χ0v) is 21.3. The highest BCUT2D eigenvalue weighted by Crippen LogP contribution is 2.28. The molecule has 4 rings (SSSR count). The third-order valence-corrected chi connectivity index (χ3v) is 6.51. The molecule has 3 aromatic carbocycles. The Bertz CT molecular complexity index is 1520. The van der Waals surface area contributed by atoms with Crippen LogP contribution in [0.5, 0.6) is 0 Å². The van der Waals surface area contributed by atoms with Crippen LogP contribution in [0.15, 0.2) is 71.6 Å². The normalized spacial score (nSPS) is 11.5. The summed E-state index contributed by atoms with van der Waals surface area (Å²) < 4.78 is 29.3. The Morgan fingerprint density at radius 1 is 0.833 bits per heavy atom. The highest BCUT2D eigenvalue weighted by atomic mass is 32.2. The second-order valence-corrected chi connectivity index (χ2v) is 10.5. The van der Waals surface area contributed by atoms with Crippen LogP contribution in [0.1, 0.15) is 11.1 Å². The summed E-state index contributed by atoms with van der Waals surface area (Å²) in [6, 6.07) is 19.2. The Hall–Kier alpha value is -4.02. The van der Waals surface area contributed by atoms with Crippen molar-refractivity contribution < 1.29 is 13.2 Å². The first-order chi connectivity index (χ1) is 17.1. The van der Waals surface area contributed by atoms with Crippen molar-refractivity contribution in [2.24, 2.45) is 0 Å². The molecule has 1 aromatic heterocycles. The van der Waals surface area contributed by atoms with Gasteiger partial charge in [-0.3, -0.25) is 9.52 Å². The summed E-state index contributed by atoms with van der Waals surface area (Å²) in [5.74, 6) is 0.0930. The number of nitrogens with zero attached hydrogens (tertiary/aromatic N) is 3. The number of likely N-dealkylation sites (N-methyl/N-ethyl adjacent to an activating group) is 1. The molecule has 0 spiro atoms. The number of carbonyl (C=O) groups excluding carboxylic acids is 1. The van der Waals surface area contributed by atoms with E-state index in [1.54, 1.807) is 37.2 Å². The Balaban J connectivity index is 1.69. The van der Waals surface area contributed by atoms with Gasteiger partial charge in [0.25, 0.3) is 10.0 Å². The van der Waals surface area contributed by atoms with Crippen molar-refractivity contribution >= 4 is 50.0 Å². The van der Waals surface area contributed by atoms with Crippen molar-refractivity contribution in [3.05, 3.63) is 77.9 Å². The standard InChI is InChI=1S/C26H28N6O3S/c1-17-12-18(2)14-20(13-17)28-25-26(30-23-11-6-5-10-22(23)29-25)31-36(34,35)21-9-7-8-19(15-21)27-24(33)16-32(3)4/h5-15H,16H2,1-4H3,(H,27,33)(H,28,29)(H,30,31). The summed E-state index contributed by atoms with van der Waals surface area (Å²) >= 11 is 0. The zero-order chi connectivity index (χ0) is 25.9. The van der Waals surface area contributed by atoms with E-state index in [9.17, 15) is 13.2 Å². The highest BCUT2D eigenvalue weighted by molar-refractivity contribution is 7.92. The number of fused-ring (bicyclic) bond motifs is 1. The van der Waals surface area contributed by atoms with Crippen LogP contribution in [0.3, 0.4) is 0 Å². The number of hydrogen-bond acceptors (Lipinski definition) is 7. The van der Waals surface area contributed by atoms with E-state index in [-0.39, 0.29) is 29.0 Å². The molecule has 36 heavy (non-hydrogen) atoms. The molecule has 0 radical (unpaired) electrons. The fourth-order valence-electron chi connectivity index (χ4n) is 3.76. The van der Waals surface area contributed by atoms with Crippen molar-refractivity contribution in [1.29, 1.82) is 0 Å². The largest absolute Gasteiger partial charge is 0.337 e. The minimum absolute atomic E-state index is 0.0162. The molecule has 0 fully saturated rings. The molecule has 9 nitrogen and oxygen atoms in total. The number of nitrogens with one attached hydrogen (secondary N) is 3. The lowest BCUT2D eigenvalue weighted by molar-refractivity contribution is -0.116. The number of rotatable bonds is 8. The quantitative estimate of drug-likeness (QED) is 0.328. The second kappa shape index (κ2) is 10.3. The van der Waals surface area contributed by atoms with Gasteiger partial charge >= 0.3 is 0 Å². The average Bonchev–Trinajstić information content (AvgIpc) is 2.78. The maximum absolute atomic E-state index is 13.3. The molecule has 0 saturated heterocycles. The van der Waals surface area contributed by atoms with Crippen LogP contribution in [0.4, 0.5) is 23.0 Å². The van der Waals surface area contributed by atoms with E-state index in [1.165, 1.54) is 12.1 Å². The van der Waals surface area contributed by atoms with Crippen LogP contribution >= 0.6 is 0 Å². The maximum Gasteiger partial charge on any atom is 0.263 e. The molecular weight excluding hydrogens is 476 g/mol. The zero-order valence-electron chi connectivity index (χ0n) is 20.5. The van der Waals surface area contributed by atoms with Crippen molar-refractivity contribution in [2.45, 2.75) is 18.7 Å². The lowest BCUT2D eigenvalue weighted by Crippen LogP contribution is -2.27. The van der Waals surface area contributed by atoms with Crippen molar-refractivity contribution in [3.8, 4) is 0 Å². The first kappa shape index (κ1) is 25.1. The summed E-state index contributed by atoms with van der Waals surface area (Å²) in [6.07, 6.45) is 0. The summed E-state index contributed by atoms with van der Waals surface area (Å²) in [7, 11) is -0.496. The van der Waals surface area contributed by atoms with Gasteiger partial charge in [-0.2, -0.15) is 0 Å². The van der Waals surface area contributed by atoms with Gasteiger partial charge in [0.05, 0.1) is 22.5 Å². The molecule has 0 aliphatic carbocycles. The predicted molar refractivity (Wildman–Crippen MR) is 143 cm³/mol. The molecule has 3 N–H and O–H groups in total. The third-order valence-electron chi connectivity index (χ3n) is 5.17. The Morgan fingerprint density at radius 3 is 2.11 bits per heavy atom. The van der Waals surface area contributed by atoms with Crippen LogP contribution in [-0.2, 0) is 14.8 Å². The van der Waals surface area contributed by atoms with Crippen LogP contribution in [0, 0.1) is 13.8 Å². The molecule has 4 aromatic rings. The molecule has 186 valence electrons. The van der Waals surface area contributed by atoms with E-state index in [0.717, 1.165) is 16.8 Å². The maximum atomic E-state index is 13.3. The average molecular weight is 505 g/mol. The van der Waals surface area contributed by atoms with Gasteiger partial charge < -0.3 is 15.5 Å². The van der Waals surface area contributed by atoms with Crippen LogP contribution in [0.25, 0.3) is 11.0 Å². The number of benzene rings is 3. The molecule has 0 aliphatic rings. The van der Waals surface area contributed by atoms with Crippen LogP contribution in [-0.4, -0.2) is 49.8 Å². The summed E-state index contributed by atoms with van der Waals surface area (Å²) in [5.41, 5.74) is 4.43. The minimum atomic E-state index is -4.05. The molecule has 1 heterocycles. The monoisotopic (exact) mass is 504 g/mol. The summed E-state index contributed by atoms with van der Waals surface area (Å²) in [4.78, 5) is 23.0. The smallest absolute Gasteiger partial charge is 0.263 e. The number of amides is 1. The number of aromatic nitrogens is 2. The molecule has 0 saturated carbocycles. The van der Waals surface area contributed by atoms with Gasteiger partial charge in [0.1, 0.15) is 0 Å². The summed E-state index contributed by atoms with van der Waals surface area (Å²) in [5, 5.41) is 5.93. The van der Waals surface area contributed by atoms with Crippen molar-refractivity contribution in [1.82, 2.24) is 14.9 Å². The van der Waals surface area contributed by atoms with Crippen molar-refractivity contribution in [3.63, 3.8) is 0 Å². The van der Waals surface area contributed by atoms with Crippen molar-refractivity contribution in [2.75, 3.05) is 36.0 Å².